The third-order valence-electron chi connectivity index (χ3n) is 4.45. The Kier molecular flexibility index (Phi) is 4.78. The molecule has 0 radical (unpaired) electrons. The second-order valence-corrected chi connectivity index (χ2v) is 6.38. The smallest absolute Gasteiger partial charge is 0.315 e. The van der Waals surface area contributed by atoms with Gasteiger partial charge in [-0.15, -0.1) is 0 Å². The van der Waals surface area contributed by atoms with Crippen LogP contribution in [0.1, 0.15) is 12.1 Å². The van der Waals surface area contributed by atoms with Gasteiger partial charge in [0.05, 0.1) is 18.3 Å². The maximum Gasteiger partial charge on any atom is 0.315 e. The number of rotatable bonds is 4. The van der Waals surface area contributed by atoms with Gasteiger partial charge >= 0.3 is 6.03 Å². The van der Waals surface area contributed by atoms with Gasteiger partial charge in [-0.1, -0.05) is 6.07 Å². The van der Waals surface area contributed by atoms with E-state index in [0.717, 1.165) is 11.4 Å². The molecule has 3 heterocycles. The van der Waals surface area contributed by atoms with Crippen LogP contribution in [0, 0.1) is 0 Å². The number of nitrogens with one attached hydrogen (secondary N) is 2. The molecule has 1 fully saturated rings. The summed E-state index contributed by atoms with van der Waals surface area (Å²) in [4.78, 5) is 30.3. The number of nitrogens with zero attached hydrogens (tertiary/aromatic N) is 2. The van der Waals surface area contributed by atoms with Crippen molar-refractivity contribution in [2.45, 2.75) is 19.0 Å². The van der Waals surface area contributed by atoms with E-state index in [2.05, 4.69) is 15.6 Å². The van der Waals surface area contributed by atoms with Crippen LogP contribution in [-0.4, -0.2) is 42.7 Å². The molecule has 3 amide bonds. The quantitative estimate of drug-likeness (QED) is 0.852. The highest BCUT2D eigenvalue weighted by atomic mass is 16.6. The zero-order valence-electron chi connectivity index (χ0n) is 14.7. The molecule has 2 aliphatic rings. The van der Waals surface area contributed by atoms with E-state index in [1.807, 2.05) is 24.3 Å². The van der Waals surface area contributed by atoms with Crippen LogP contribution in [0.4, 0.5) is 10.5 Å². The summed E-state index contributed by atoms with van der Waals surface area (Å²) in [6.45, 7) is 1.76. The van der Waals surface area contributed by atoms with Crippen molar-refractivity contribution in [3.05, 3.63) is 48.3 Å². The monoisotopic (exact) mass is 368 g/mol. The van der Waals surface area contributed by atoms with Gasteiger partial charge in [0.1, 0.15) is 13.2 Å². The molecule has 27 heavy (non-hydrogen) atoms. The highest BCUT2D eigenvalue weighted by molar-refractivity contribution is 5.97. The Balaban J connectivity index is 1.34. The zero-order valence-corrected chi connectivity index (χ0v) is 14.7. The number of benzene rings is 1. The number of hydrogen-bond acceptors (Lipinski definition) is 5. The summed E-state index contributed by atoms with van der Waals surface area (Å²) < 4.78 is 11.1. The first kappa shape index (κ1) is 17.1. The van der Waals surface area contributed by atoms with Gasteiger partial charge in [-0.2, -0.15) is 0 Å². The van der Waals surface area contributed by atoms with Crippen molar-refractivity contribution in [1.82, 2.24) is 15.6 Å². The number of carbonyl (C=O) groups is 2. The van der Waals surface area contributed by atoms with Crippen molar-refractivity contribution in [1.29, 1.82) is 0 Å². The molecule has 4 rings (SSSR count). The van der Waals surface area contributed by atoms with Crippen molar-refractivity contribution in [3.63, 3.8) is 0 Å². The minimum atomic E-state index is -0.317. The van der Waals surface area contributed by atoms with Crippen LogP contribution < -0.4 is 25.0 Å². The average Bonchev–Trinajstić information content (AvgIpc) is 3.07. The molecule has 2 aliphatic heterocycles. The first-order chi connectivity index (χ1) is 13.2. The first-order valence-electron chi connectivity index (χ1n) is 8.83. The zero-order chi connectivity index (χ0) is 18.6. The van der Waals surface area contributed by atoms with Crippen LogP contribution in [0.2, 0.25) is 0 Å². The molecule has 2 N–H and O–H groups in total. The van der Waals surface area contributed by atoms with E-state index < -0.39 is 0 Å². The van der Waals surface area contributed by atoms with Crippen LogP contribution in [0.3, 0.4) is 0 Å². The number of ether oxygens (including phenoxy) is 2. The van der Waals surface area contributed by atoms with Gasteiger partial charge in [0.25, 0.3) is 0 Å². The molecule has 1 unspecified atom stereocenters. The van der Waals surface area contributed by atoms with Crippen LogP contribution in [0.15, 0.2) is 42.6 Å². The van der Waals surface area contributed by atoms with Crippen molar-refractivity contribution >= 4 is 17.6 Å². The van der Waals surface area contributed by atoms with E-state index >= 15 is 0 Å². The number of amides is 3. The fraction of sp³-hybridized carbons (Fsp3) is 0.316. The molecule has 2 aromatic rings. The van der Waals surface area contributed by atoms with E-state index in [1.54, 1.807) is 23.2 Å². The summed E-state index contributed by atoms with van der Waals surface area (Å²) in [6.07, 6.45) is 1.93. The Morgan fingerprint density at radius 3 is 2.85 bits per heavy atom. The molecule has 8 heteroatoms. The summed E-state index contributed by atoms with van der Waals surface area (Å²) in [5.74, 6) is 1.28. The minimum Gasteiger partial charge on any atom is -0.486 e. The normalized spacial score (nSPS) is 18.3. The summed E-state index contributed by atoms with van der Waals surface area (Å²) >= 11 is 0. The number of carbonyl (C=O) groups excluding carboxylic acids is 2. The van der Waals surface area contributed by atoms with Crippen molar-refractivity contribution in [3.8, 4) is 11.5 Å². The molecule has 0 spiro atoms. The predicted octanol–water partition coefficient (Wildman–Crippen LogP) is 1.46. The Hall–Kier alpha value is -3.29. The number of hydrogen-bond donors (Lipinski definition) is 2. The van der Waals surface area contributed by atoms with Gasteiger partial charge < -0.3 is 25.0 Å². The second-order valence-electron chi connectivity index (χ2n) is 6.38. The van der Waals surface area contributed by atoms with Crippen molar-refractivity contribution < 1.29 is 19.1 Å². The fourth-order valence-electron chi connectivity index (χ4n) is 3.16. The van der Waals surface area contributed by atoms with E-state index in [1.165, 1.54) is 0 Å². The maximum atomic E-state index is 12.4. The van der Waals surface area contributed by atoms with E-state index in [9.17, 15) is 9.59 Å². The van der Waals surface area contributed by atoms with Crippen LogP contribution >= 0.6 is 0 Å². The number of pyridine rings is 1. The number of anilines is 1. The van der Waals surface area contributed by atoms with E-state index in [0.29, 0.717) is 37.8 Å². The van der Waals surface area contributed by atoms with Crippen LogP contribution in [0.25, 0.3) is 0 Å². The number of urea groups is 1. The number of fused-ring (bicyclic) bond motifs is 1. The Morgan fingerprint density at radius 2 is 2.04 bits per heavy atom. The van der Waals surface area contributed by atoms with E-state index in [-0.39, 0.29) is 24.4 Å². The Bertz CT molecular complexity index is 843. The van der Waals surface area contributed by atoms with Gasteiger partial charge in [-0.25, -0.2) is 4.79 Å². The number of aromatic nitrogens is 1. The molecular weight excluding hydrogens is 348 g/mol. The molecule has 1 saturated heterocycles. The standard InChI is InChI=1S/C19H20N4O4/c24-18-9-14(22-19(25)21-11-13-3-1-2-6-20-13)12-23(18)15-4-5-16-17(10-15)27-8-7-26-16/h1-6,10,14H,7-9,11-12H2,(H2,21,22,25). The van der Waals surface area contributed by atoms with Crippen LogP contribution in [0.5, 0.6) is 11.5 Å². The summed E-state index contributed by atoms with van der Waals surface area (Å²) in [7, 11) is 0. The molecule has 1 aromatic carbocycles. The lowest BCUT2D eigenvalue weighted by Crippen LogP contribution is -2.43. The first-order valence-corrected chi connectivity index (χ1v) is 8.83. The predicted molar refractivity (Wildman–Crippen MR) is 97.8 cm³/mol. The minimum absolute atomic E-state index is 0.0401. The van der Waals surface area contributed by atoms with Crippen LogP contribution in [-0.2, 0) is 11.3 Å². The molecule has 0 bridgehead atoms. The highest BCUT2D eigenvalue weighted by Crippen LogP contribution is 2.35. The Labute approximate surface area is 156 Å². The molecule has 1 aromatic heterocycles. The van der Waals surface area contributed by atoms with Crippen molar-refractivity contribution in [2.24, 2.45) is 0 Å². The Morgan fingerprint density at radius 1 is 1.19 bits per heavy atom. The summed E-state index contributed by atoms with van der Waals surface area (Å²) in [5.41, 5.74) is 1.51. The van der Waals surface area contributed by atoms with Gasteiger partial charge in [-0.05, 0) is 24.3 Å². The topological polar surface area (TPSA) is 92.8 Å². The molecule has 8 nitrogen and oxygen atoms in total. The van der Waals surface area contributed by atoms with Gasteiger partial charge in [0.15, 0.2) is 11.5 Å². The van der Waals surface area contributed by atoms with E-state index in [4.69, 9.17) is 9.47 Å². The molecule has 1 atom stereocenters. The van der Waals surface area contributed by atoms with Gasteiger partial charge in [0, 0.05) is 30.9 Å². The SMILES string of the molecule is O=C(NCc1ccccn1)NC1CC(=O)N(c2ccc3c(c2)OCCO3)C1. The lowest BCUT2D eigenvalue weighted by Gasteiger charge is -2.22. The third-order valence-corrected chi connectivity index (χ3v) is 4.45. The van der Waals surface area contributed by atoms with Gasteiger partial charge in [0.2, 0.25) is 5.91 Å². The summed E-state index contributed by atoms with van der Waals surface area (Å²) in [5, 5.41) is 5.60. The third kappa shape index (κ3) is 3.94. The molecular formula is C19H20N4O4. The summed E-state index contributed by atoms with van der Waals surface area (Å²) in [6, 6.07) is 10.4. The largest absolute Gasteiger partial charge is 0.486 e. The molecule has 0 aliphatic carbocycles. The maximum absolute atomic E-state index is 12.4. The lowest BCUT2D eigenvalue weighted by atomic mass is 10.2. The second kappa shape index (κ2) is 7.53. The molecule has 140 valence electrons. The average molecular weight is 368 g/mol. The van der Waals surface area contributed by atoms with Crippen molar-refractivity contribution in [2.75, 3.05) is 24.7 Å². The fourth-order valence-corrected chi connectivity index (χ4v) is 3.16. The molecule has 0 saturated carbocycles. The lowest BCUT2D eigenvalue weighted by molar-refractivity contribution is -0.117. The van der Waals surface area contributed by atoms with Gasteiger partial charge in [-0.3, -0.25) is 9.78 Å². The highest BCUT2D eigenvalue weighted by Gasteiger charge is 2.32.